The second kappa shape index (κ2) is 5.97. The highest BCUT2D eigenvalue weighted by molar-refractivity contribution is 5.99. The summed E-state index contributed by atoms with van der Waals surface area (Å²) in [6.07, 6.45) is 2.57. The van der Waals surface area contributed by atoms with Gasteiger partial charge in [0.25, 0.3) is 5.91 Å². The van der Waals surface area contributed by atoms with Gasteiger partial charge in [-0.25, -0.2) is 0 Å². The predicted molar refractivity (Wildman–Crippen MR) is 103 cm³/mol. The van der Waals surface area contributed by atoms with Crippen LogP contribution < -0.4 is 4.74 Å². The smallest absolute Gasteiger partial charge is 0.270 e. The van der Waals surface area contributed by atoms with Crippen molar-refractivity contribution in [2.75, 3.05) is 40.8 Å². The number of fused-ring (bicyclic) bond motifs is 2. The Bertz CT molecular complexity index is 892. The van der Waals surface area contributed by atoms with Gasteiger partial charge in [-0.05, 0) is 45.1 Å². The monoisotopic (exact) mass is 369 g/mol. The van der Waals surface area contributed by atoms with Crippen LogP contribution in [-0.4, -0.2) is 73.2 Å². The fourth-order valence-corrected chi connectivity index (χ4v) is 5.60. The van der Waals surface area contributed by atoms with Crippen molar-refractivity contribution in [3.8, 4) is 5.75 Å². The number of carbonyl (C=O) groups excluding carboxylic acids is 1. The van der Waals surface area contributed by atoms with Gasteiger partial charge in [-0.3, -0.25) is 4.79 Å². The molecule has 1 amide bonds. The van der Waals surface area contributed by atoms with Crippen LogP contribution in [-0.2, 0) is 4.74 Å². The number of rotatable bonds is 4. The number of H-pyrrole nitrogens is 1. The summed E-state index contributed by atoms with van der Waals surface area (Å²) in [6, 6.07) is 7.74. The van der Waals surface area contributed by atoms with Gasteiger partial charge in [0, 0.05) is 35.8 Å². The number of ether oxygens (including phenoxy) is 2. The minimum absolute atomic E-state index is 0.0627. The Morgan fingerprint density at radius 2 is 2.30 bits per heavy atom. The lowest BCUT2D eigenvalue weighted by molar-refractivity contribution is 0.00251. The predicted octanol–water partition coefficient (Wildman–Crippen LogP) is 2.36. The topological polar surface area (TPSA) is 57.8 Å². The molecule has 4 atom stereocenters. The molecule has 1 N–H and O–H groups in total. The van der Waals surface area contributed by atoms with Gasteiger partial charge in [-0.2, -0.15) is 0 Å². The molecule has 1 aromatic carbocycles. The molecular formula is C21H27N3O3. The molecule has 3 fully saturated rings. The fourth-order valence-electron chi connectivity index (χ4n) is 5.60. The van der Waals surface area contributed by atoms with Crippen molar-refractivity contribution in [1.29, 1.82) is 0 Å². The average molecular weight is 369 g/mol. The Labute approximate surface area is 159 Å². The number of nitrogens with zero attached hydrogens (tertiary/aromatic N) is 2. The number of hydrogen-bond donors (Lipinski definition) is 1. The van der Waals surface area contributed by atoms with Crippen LogP contribution in [0.2, 0.25) is 0 Å². The number of hydrogen-bond acceptors (Lipinski definition) is 4. The highest BCUT2D eigenvalue weighted by Gasteiger charge is 2.63. The van der Waals surface area contributed by atoms with E-state index in [1.165, 1.54) is 0 Å². The molecule has 6 heteroatoms. The van der Waals surface area contributed by atoms with Crippen molar-refractivity contribution in [2.24, 2.45) is 11.8 Å². The fraction of sp³-hybridized carbons (Fsp3) is 0.571. The third kappa shape index (κ3) is 2.50. The highest BCUT2D eigenvalue weighted by Crippen LogP contribution is 2.55. The summed E-state index contributed by atoms with van der Waals surface area (Å²) < 4.78 is 11.9. The number of nitrogens with one attached hydrogen (secondary N) is 1. The molecule has 1 aromatic heterocycles. The Morgan fingerprint density at radius 3 is 3.07 bits per heavy atom. The van der Waals surface area contributed by atoms with Crippen LogP contribution in [0.25, 0.3) is 10.9 Å². The number of methoxy groups -OCH3 is 1. The van der Waals surface area contributed by atoms with Crippen LogP contribution >= 0.6 is 0 Å². The largest absolute Gasteiger partial charge is 0.496 e. The minimum atomic E-state index is -0.120. The summed E-state index contributed by atoms with van der Waals surface area (Å²) >= 11 is 0. The molecule has 3 aliphatic rings. The van der Waals surface area contributed by atoms with Crippen LogP contribution in [0.5, 0.6) is 5.75 Å². The Hall–Kier alpha value is -2.05. The molecule has 0 aliphatic carbocycles. The van der Waals surface area contributed by atoms with Crippen molar-refractivity contribution in [3.63, 3.8) is 0 Å². The van der Waals surface area contributed by atoms with Gasteiger partial charge in [0.2, 0.25) is 0 Å². The van der Waals surface area contributed by atoms with Crippen LogP contribution in [0.4, 0.5) is 0 Å². The number of aromatic nitrogens is 1. The maximum Gasteiger partial charge on any atom is 0.270 e. The van der Waals surface area contributed by atoms with Crippen molar-refractivity contribution >= 4 is 16.8 Å². The Balaban J connectivity index is 1.41. The molecule has 2 aromatic rings. The summed E-state index contributed by atoms with van der Waals surface area (Å²) in [5.74, 6) is 1.82. The van der Waals surface area contributed by atoms with Crippen LogP contribution in [0.3, 0.4) is 0 Å². The third-order valence-corrected chi connectivity index (χ3v) is 6.72. The van der Waals surface area contributed by atoms with Gasteiger partial charge in [0.05, 0.1) is 25.4 Å². The molecule has 6 nitrogen and oxygen atoms in total. The van der Waals surface area contributed by atoms with Gasteiger partial charge in [0.15, 0.2) is 0 Å². The molecule has 1 spiro atoms. The number of aromatic amines is 1. The van der Waals surface area contributed by atoms with E-state index in [0.717, 1.165) is 42.6 Å². The zero-order valence-electron chi connectivity index (χ0n) is 16.2. The quantitative estimate of drug-likeness (QED) is 0.899. The lowest BCUT2D eigenvalue weighted by atomic mass is 9.73. The number of carbonyl (C=O) groups is 1. The minimum Gasteiger partial charge on any atom is -0.496 e. The van der Waals surface area contributed by atoms with Gasteiger partial charge in [-0.15, -0.1) is 0 Å². The summed E-state index contributed by atoms with van der Waals surface area (Å²) in [6.45, 7) is 2.53. The summed E-state index contributed by atoms with van der Waals surface area (Å²) in [4.78, 5) is 20.8. The van der Waals surface area contributed by atoms with Crippen molar-refractivity contribution < 1.29 is 14.3 Å². The van der Waals surface area contributed by atoms with Gasteiger partial charge >= 0.3 is 0 Å². The molecule has 2 bridgehead atoms. The van der Waals surface area contributed by atoms with E-state index >= 15 is 0 Å². The van der Waals surface area contributed by atoms with E-state index < -0.39 is 0 Å². The third-order valence-electron chi connectivity index (χ3n) is 6.72. The normalized spacial score (nSPS) is 31.9. The second-order valence-corrected chi connectivity index (χ2v) is 8.58. The maximum absolute atomic E-state index is 13.2. The van der Waals surface area contributed by atoms with Crippen molar-refractivity contribution in [1.82, 2.24) is 14.8 Å². The molecule has 3 aliphatic heterocycles. The van der Waals surface area contributed by atoms with E-state index in [1.54, 1.807) is 7.11 Å². The Kier molecular flexibility index (Phi) is 3.78. The first-order valence-corrected chi connectivity index (χ1v) is 9.78. The zero-order valence-corrected chi connectivity index (χ0v) is 16.2. The molecule has 4 heterocycles. The SMILES string of the molecule is COc1cccc2[nH]c(C(=O)N3C[C@H]4[C@@H](CN(C)C)[C@@H]5CC[C@@]4(C3)O5)cc12. The van der Waals surface area contributed by atoms with E-state index in [4.69, 9.17) is 9.47 Å². The first kappa shape index (κ1) is 17.1. The Morgan fingerprint density at radius 1 is 1.44 bits per heavy atom. The first-order chi connectivity index (χ1) is 13.0. The van der Waals surface area contributed by atoms with E-state index in [2.05, 4.69) is 24.0 Å². The van der Waals surface area contributed by atoms with Crippen LogP contribution in [0.15, 0.2) is 24.3 Å². The summed E-state index contributed by atoms with van der Waals surface area (Å²) in [5, 5.41) is 0.948. The van der Waals surface area contributed by atoms with E-state index in [0.29, 0.717) is 30.2 Å². The molecule has 0 unspecified atom stereocenters. The van der Waals surface area contributed by atoms with E-state index in [9.17, 15) is 4.79 Å². The highest BCUT2D eigenvalue weighted by atomic mass is 16.5. The standard InChI is InChI=1S/C21H27N3O3/c1-23(2)10-14-15-11-24(12-21(15)8-7-19(14)27-21)20(25)17-9-13-16(22-17)5-4-6-18(13)26-3/h4-6,9,14-15,19,22H,7-8,10-12H2,1-3H3/t14-,15+,19+,21+/m1/s1. The van der Waals surface area contributed by atoms with Crippen LogP contribution in [0.1, 0.15) is 23.3 Å². The number of likely N-dealkylation sites (tertiary alicyclic amines) is 1. The second-order valence-electron chi connectivity index (χ2n) is 8.58. The van der Waals surface area contributed by atoms with Gasteiger partial charge in [0.1, 0.15) is 11.4 Å². The van der Waals surface area contributed by atoms with Gasteiger partial charge in [-0.1, -0.05) is 6.07 Å². The molecule has 0 radical (unpaired) electrons. The van der Waals surface area contributed by atoms with Gasteiger partial charge < -0.3 is 24.3 Å². The summed E-state index contributed by atoms with van der Waals surface area (Å²) in [5.41, 5.74) is 1.44. The van der Waals surface area contributed by atoms with Crippen molar-refractivity contribution in [2.45, 2.75) is 24.5 Å². The summed E-state index contributed by atoms with van der Waals surface area (Å²) in [7, 11) is 5.89. The van der Waals surface area contributed by atoms with E-state index in [1.807, 2.05) is 29.2 Å². The molecule has 3 saturated heterocycles. The van der Waals surface area contributed by atoms with Crippen LogP contribution in [0, 0.1) is 11.8 Å². The number of benzene rings is 1. The van der Waals surface area contributed by atoms with E-state index in [-0.39, 0.29) is 11.5 Å². The average Bonchev–Trinajstić information content (AvgIpc) is 3.39. The molecular weight excluding hydrogens is 342 g/mol. The lowest BCUT2D eigenvalue weighted by Gasteiger charge is -2.30. The zero-order chi connectivity index (χ0) is 18.8. The molecule has 0 saturated carbocycles. The molecule has 27 heavy (non-hydrogen) atoms. The molecule has 5 rings (SSSR count). The number of amides is 1. The maximum atomic E-state index is 13.2. The first-order valence-electron chi connectivity index (χ1n) is 9.78. The molecule has 144 valence electrons. The lowest BCUT2D eigenvalue weighted by Crippen LogP contribution is -2.40. The van der Waals surface area contributed by atoms with Crippen molar-refractivity contribution in [3.05, 3.63) is 30.0 Å².